The predicted molar refractivity (Wildman–Crippen MR) is 130 cm³/mol. The van der Waals surface area contributed by atoms with Crippen LogP contribution in [-0.2, 0) is 0 Å². The maximum atomic E-state index is 13.2. The van der Waals surface area contributed by atoms with Gasteiger partial charge >= 0.3 is 0 Å². The van der Waals surface area contributed by atoms with Crippen molar-refractivity contribution in [2.75, 3.05) is 23.3 Å². The van der Waals surface area contributed by atoms with Crippen molar-refractivity contribution in [3.8, 4) is 0 Å². The molecule has 2 fully saturated rings. The molecular weight excluding hydrogens is 432 g/mol. The molecule has 11 heteroatoms. The van der Waals surface area contributed by atoms with Crippen LogP contribution in [-0.4, -0.2) is 59.7 Å². The molecule has 34 heavy (non-hydrogen) atoms. The average Bonchev–Trinajstić information content (AvgIpc) is 3.52. The largest absolute Gasteiger partial charge is 0.368 e. The lowest BCUT2D eigenvalue weighted by molar-refractivity contribution is 0.407. The Kier molecular flexibility index (Phi) is 5.13. The topological polar surface area (TPSA) is 118 Å². The van der Waals surface area contributed by atoms with Crippen molar-refractivity contribution in [2.45, 2.75) is 57.7 Å². The molecule has 1 aliphatic heterocycles. The molecule has 0 amide bonds. The lowest BCUT2D eigenvalue weighted by Crippen LogP contribution is -2.54. The molecule has 2 atom stereocenters. The van der Waals surface area contributed by atoms with E-state index in [1.807, 2.05) is 12.1 Å². The van der Waals surface area contributed by atoms with Crippen molar-refractivity contribution in [3.05, 3.63) is 40.8 Å². The van der Waals surface area contributed by atoms with Gasteiger partial charge in [0, 0.05) is 42.6 Å². The first-order valence-electron chi connectivity index (χ1n) is 11.9. The number of hydrogen-bond acceptors (Lipinski definition) is 9. The van der Waals surface area contributed by atoms with Crippen LogP contribution >= 0.6 is 0 Å². The van der Waals surface area contributed by atoms with Crippen LogP contribution in [0.4, 0.5) is 17.3 Å². The minimum atomic E-state index is -0.210. The summed E-state index contributed by atoms with van der Waals surface area (Å²) in [5.74, 6) is 0.434. The van der Waals surface area contributed by atoms with Crippen molar-refractivity contribution in [1.29, 1.82) is 0 Å². The van der Waals surface area contributed by atoms with Crippen molar-refractivity contribution in [2.24, 2.45) is 0 Å². The van der Waals surface area contributed by atoms with Crippen molar-refractivity contribution in [1.82, 2.24) is 39.9 Å². The van der Waals surface area contributed by atoms with Gasteiger partial charge in [-0.05, 0) is 61.4 Å². The summed E-state index contributed by atoms with van der Waals surface area (Å²) in [5.41, 5.74) is 3.25. The molecule has 2 aliphatic rings. The van der Waals surface area contributed by atoms with Crippen LogP contribution < -0.4 is 21.1 Å². The van der Waals surface area contributed by atoms with Crippen LogP contribution in [0.5, 0.6) is 0 Å². The number of piperazine rings is 1. The molecule has 11 nitrogen and oxygen atoms in total. The number of fused-ring (bicyclic) bond motifs is 3. The lowest BCUT2D eigenvalue weighted by atomic mass is 10.1. The average molecular weight is 461 g/mol. The van der Waals surface area contributed by atoms with E-state index in [0.717, 1.165) is 44.5 Å². The normalized spacial score (nSPS) is 21.5. The van der Waals surface area contributed by atoms with E-state index in [9.17, 15) is 4.79 Å². The van der Waals surface area contributed by atoms with E-state index in [1.165, 1.54) is 10.2 Å². The zero-order chi connectivity index (χ0) is 23.2. The van der Waals surface area contributed by atoms with Crippen LogP contribution in [0, 0.1) is 0 Å². The third-order valence-electron chi connectivity index (χ3n) is 6.82. The second-order valence-electron chi connectivity index (χ2n) is 9.48. The first-order valence-corrected chi connectivity index (χ1v) is 11.9. The number of benzene rings is 1. The van der Waals surface area contributed by atoms with Gasteiger partial charge in [-0.1, -0.05) is 12.8 Å². The van der Waals surface area contributed by atoms with Gasteiger partial charge in [0.05, 0.1) is 6.20 Å². The molecule has 0 spiro atoms. The summed E-state index contributed by atoms with van der Waals surface area (Å²) in [7, 11) is 0. The number of nitrogens with one attached hydrogen (secondary N) is 2. The highest BCUT2D eigenvalue weighted by atomic mass is 16.1. The van der Waals surface area contributed by atoms with E-state index in [4.69, 9.17) is 4.98 Å². The quantitative estimate of drug-likeness (QED) is 0.473. The predicted octanol–water partition coefficient (Wildman–Crippen LogP) is 2.27. The van der Waals surface area contributed by atoms with E-state index in [2.05, 4.69) is 62.0 Å². The Balaban J connectivity index is 1.33. The lowest BCUT2D eigenvalue weighted by Gasteiger charge is -2.37. The monoisotopic (exact) mass is 460 g/mol. The number of anilines is 3. The van der Waals surface area contributed by atoms with Gasteiger partial charge in [-0.2, -0.15) is 9.50 Å². The Morgan fingerprint density at radius 3 is 2.50 bits per heavy atom. The van der Waals surface area contributed by atoms with Gasteiger partial charge in [-0.3, -0.25) is 9.36 Å². The molecule has 3 aromatic heterocycles. The van der Waals surface area contributed by atoms with Crippen molar-refractivity contribution < 1.29 is 0 Å². The highest BCUT2D eigenvalue weighted by molar-refractivity contribution is 5.74. The summed E-state index contributed by atoms with van der Waals surface area (Å²) in [4.78, 5) is 24.8. The third-order valence-corrected chi connectivity index (χ3v) is 6.82. The fourth-order valence-electron chi connectivity index (χ4n) is 5.36. The van der Waals surface area contributed by atoms with E-state index in [-0.39, 0.29) is 17.2 Å². The van der Waals surface area contributed by atoms with Gasteiger partial charge in [0.2, 0.25) is 11.6 Å². The Bertz CT molecular complexity index is 1380. The van der Waals surface area contributed by atoms with Gasteiger partial charge in [-0.25, -0.2) is 4.98 Å². The molecule has 2 N–H and O–H groups in total. The fourth-order valence-corrected chi connectivity index (χ4v) is 5.36. The standard InChI is InChI=1S/C23H28N10O/c1-14-12-31(13-15(2)25-14)17-9-7-16(8-10-17)26-23-24-11-19-20(27-23)32(18-5-3-4-6-18)22(34)21-28-29-30-33(19)21/h7-11,14-15,18,25H,3-6,12-13H2,1-2H3,(H,24,26,27). The summed E-state index contributed by atoms with van der Waals surface area (Å²) in [6, 6.07) is 9.32. The molecular formula is C23H28N10O. The van der Waals surface area contributed by atoms with Crippen LogP contribution in [0.25, 0.3) is 16.8 Å². The molecule has 1 saturated carbocycles. The highest BCUT2D eigenvalue weighted by Crippen LogP contribution is 2.31. The van der Waals surface area contributed by atoms with Crippen LogP contribution in [0.3, 0.4) is 0 Å². The SMILES string of the molecule is CC1CN(c2ccc(Nc3ncc4c(n3)n(C3CCCC3)c(=O)c3nnnn34)cc2)CC(C)N1. The number of aromatic nitrogens is 7. The Morgan fingerprint density at radius 1 is 1.03 bits per heavy atom. The van der Waals surface area contributed by atoms with Crippen LogP contribution in [0.15, 0.2) is 35.3 Å². The number of rotatable bonds is 4. The molecule has 0 radical (unpaired) electrons. The van der Waals surface area contributed by atoms with E-state index in [0.29, 0.717) is 29.2 Å². The molecule has 1 saturated heterocycles. The first-order chi connectivity index (χ1) is 16.6. The van der Waals surface area contributed by atoms with Gasteiger partial charge < -0.3 is 15.5 Å². The Hall–Kier alpha value is -3.60. The van der Waals surface area contributed by atoms with Crippen molar-refractivity contribution in [3.63, 3.8) is 0 Å². The zero-order valence-corrected chi connectivity index (χ0v) is 19.3. The molecule has 1 aromatic carbocycles. The molecule has 176 valence electrons. The summed E-state index contributed by atoms with van der Waals surface area (Å²) >= 11 is 0. The maximum Gasteiger partial charge on any atom is 0.299 e. The van der Waals surface area contributed by atoms with Gasteiger partial charge in [0.1, 0.15) is 5.52 Å². The summed E-state index contributed by atoms with van der Waals surface area (Å²) in [6.07, 6.45) is 5.77. The molecule has 6 rings (SSSR count). The van der Waals surface area contributed by atoms with Crippen molar-refractivity contribution >= 4 is 34.1 Å². The Labute approximate surface area is 196 Å². The van der Waals surface area contributed by atoms with E-state index < -0.39 is 0 Å². The molecule has 1 aliphatic carbocycles. The maximum absolute atomic E-state index is 13.2. The Morgan fingerprint density at radius 2 is 1.76 bits per heavy atom. The minimum Gasteiger partial charge on any atom is -0.368 e. The van der Waals surface area contributed by atoms with Gasteiger partial charge in [-0.15, -0.1) is 5.10 Å². The minimum absolute atomic E-state index is 0.0996. The fraction of sp³-hybridized carbons (Fsp3) is 0.478. The number of hydrogen-bond donors (Lipinski definition) is 2. The molecule has 2 unspecified atom stereocenters. The smallest absolute Gasteiger partial charge is 0.299 e. The van der Waals surface area contributed by atoms with Crippen LogP contribution in [0.2, 0.25) is 0 Å². The van der Waals surface area contributed by atoms with Gasteiger partial charge in [0.15, 0.2) is 5.65 Å². The number of tetrazole rings is 1. The second-order valence-corrected chi connectivity index (χ2v) is 9.48. The second kappa shape index (κ2) is 8.32. The van der Waals surface area contributed by atoms with Gasteiger partial charge in [0.25, 0.3) is 5.56 Å². The summed E-state index contributed by atoms with van der Waals surface area (Å²) in [5, 5.41) is 18.5. The van der Waals surface area contributed by atoms with Crippen LogP contribution in [0.1, 0.15) is 45.6 Å². The first kappa shape index (κ1) is 21.0. The van der Waals surface area contributed by atoms with E-state index in [1.54, 1.807) is 10.8 Å². The number of nitrogens with zero attached hydrogens (tertiary/aromatic N) is 8. The molecule has 4 heterocycles. The summed E-state index contributed by atoms with van der Waals surface area (Å²) < 4.78 is 3.19. The highest BCUT2D eigenvalue weighted by Gasteiger charge is 2.25. The zero-order valence-electron chi connectivity index (χ0n) is 19.3. The molecule has 4 aromatic rings. The third kappa shape index (κ3) is 3.65. The van der Waals surface area contributed by atoms with E-state index >= 15 is 0 Å². The molecule has 0 bridgehead atoms. The summed E-state index contributed by atoms with van der Waals surface area (Å²) in [6.45, 7) is 6.39.